The number of hydrogen-bond acceptors (Lipinski definition) is 6. The van der Waals surface area contributed by atoms with Crippen LogP contribution in [0.25, 0.3) is 22.5 Å². The molecule has 2 aromatic carbocycles. The Morgan fingerprint density at radius 3 is 2.52 bits per heavy atom. The van der Waals surface area contributed by atoms with Crippen LogP contribution in [0.2, 0.25) is 0 Å². The summed E-state index contributed by atoms with van der Waals surface area (Å²) in [5, 5.41) is 26.1. The van der Waals surface area contributed by atoms with Gasteiger partial charge in [-0.05, 0) is 35.2 Å². The van der Waals surface area contributed by atoms with Crippen LogP contribution in [0.3, 0.4) is 0 Å². The van der Waals surface area contributed by atoms with Crippen LogP contribution in [0.4, 0.5) is 0 Å². The quantitative estimate of drug-likeness (QED) is 0.514. The summed E-state index contributed by atoms with van der Waals surface area (Å²) in [5.74, 6) is -0.313. The molecule has 1 unspecified atom stereocenters. The predicted octanol–water partition coefficient (Wildman–Crippen LogP) is 3.42. The topological polar surface area (TPSA) is 107 Å². The zero-order chi connectivity index (χ0) is 21.8. The van der Waals surface area contributed by atoms with Crippen molar-refractivity contribution in [3.05, 3.63) is 65.4 Å². The van der Waals surface area contributed by atoms with Crippen molar-refractivity contribution in [3.8, 4) is 22.5 Å². The summed E-state index contributed by atoms with van der Waals surface area (Å²) in [5.41, 5.74) is 8.54. The van der Waals surface area contributed by atoms with Crippen molar-refractivity contribution in [2.24, 2.45) is 0 Å². The number of aromatic nitrogens is 4. The fraction of sp³-hybridized carbons (Fsp3) is 0.304. The van der Waals surface area contributed by atoms with E-state index in [-0.39, 0.29) is 6.04 Å². The highest BCUT2D eigenvalue weighted by atomic mass is 16.4. The van der Waals surface area contributed by atoms with Gasteiger partial charge in [0, 0.05) is 24.2 Å². The highest BCUT2D eigenvalue weighted by Crippen LogP contribution is 2.30. The molecule has 0 amide bonds. The van der Waals surface area contributed by atoms with Gasteiger partial charge in [-0.2, -0.15) is 5.21 Å². The molecule has 3 aromatic rings. The molecule has 0 saturated carbocycles. The summed E-state index contributed by atoms with van der Waals surface area (Å²) in [6.07, 6.45) is 2.63. The maximum atomic E-state index is 11.9. The number of allylic oxidation sites excluding steroid dienone is 1. The van der Waals surface area contributed by atoms with Crippen molar-refractivity contribution < 1.29 is 9.90 Å². The lowest BCUT2D eigenvalue weighted by molar-refractivity contribution is -0.133. The second-order valence-corrected chi connectivity index (χ2v) is 7.69. The normalized spacial score (nSPS) is 16.5. The molecule has 2 heterocycles. The lowest BCUT2D eigenvalue weighted by Crippen LogP contribution is -2.39. The third kappa shape index (κ3) is 4.34. The number of carboxylic acids is 1. The van der Waals surface area contributed by atoms with Crippen LogP contribution in [0.5, 0.6) is 0 Å². The van der Waals surface area contributed by atoms with E-state index < -0.39 is 5.97 Å². The fourth-order valence-electron chi connectivity index (χ4n) is 3.97. The molecule has 1 aliphatic heterocycles. The van der Waals surface area contributed by atoms with Crippen molar-refractivity contribution in [1.29, 1.82) is 0 Å². The Labute approximate surface area is 181 Å². The molecule has 0 saturated heterocycles. The smallest absolute Gasteiger partial charge is 0.335 e. The second-order valence-electron chi connectivity index (χ2n) is 7.69. The summed E-state index contributed by atoms with van der Waals surface area (Å²) >= 11 is 0. The Hall–Kier alpha value is -3.52. The Balaban J connectivity index is 1.56. The number of carbonyl (C=O) groups is 1. The third-order valence-corrected chi connectivity index (χ3v) is 5.63. The number of hydrazine groups is 1. The molecule has 1 aromatic heterocycles. The van der Waals surface area contributed by atoms with Gasteiger partial charge in [0.1, 0.15) is 0 Å². The Kier molecular flexibility index (Phi) is 6.08. The molecule has 0 spiro atoms. The van der Waals surface area contributed by atoms with Crippen molar-refractivity contribution in [3.63, 3.8) is 0 Å². The predicted molar refractivity (Wildman–Crippen MR) is 118 cm³/mol. The Morgan fingerprint density at radius 1 is 1.13 bits per heavy atom. The summed E-state index contributed by atoms with van der Waals surface area (Å²) in [6, 6.07) is 15.9. The highest BCUT2D eigenvalue weighted by molar-refractivity contribution is 5.89. The summed E-state index contributed by atoms with van der Waals surface area (Å²) in [4.78, 5) is 11.9. The van der Waals surface area contributed by atoms with Gasteiger partial charge in [0.05, 0.1) is 11.6 Å². The van der Waals surface area contributed by atoms with E-state index in [1.165, 1.54) is 0 Å². The number of benzene rings is 2. The lowest BCUT2D eigenvalue weighted by Gasteiger charge is -2.22. The zero-order valence-electron chi connectivity index (χ0n) is 17.7. The molecule has 0 fully saturated rings. The van der Waals surface area contributed by atoms with E-state index in [2.05, 4.69) is 33.0 Å². The second kappa shape index (κ2) is 9.09. The van der Waals surface area contributed by atoms with E-state index in [1.807, 2.05) is 60.5 Å². The molecule has 4 rings (SSSR count). The number of nitrogens with zero attached hydrogens (tertiary/aromatic N) is 4. The molecule has 0 bridgehead atoms. The minimum absolute atomic E-state index is 0.153. The molecular formula is C23H26N6O2. The fourth-order valence-corrected chi connectivity index (χ4v) is 3.97. The minimum Gasteiger partial charge on any atom is -0.478 e. The molecular weight excluding hydrogens is 392 g/mol. The number of rotatable bonds is 8. The Bertz CT molecular complexity index is 1080. The number of tetrazole rings is 1. The van der Waals surface area contributed by atoms with Gasteiger partial charge in [-0.25, -0.2) is 9.80 Å². The van der Waals surface area contributed by atoms with Gasteiger partial charge in [0.15, 0.2) is 0 Å². The van der Waals surface area contributed by atoms with Crippen LogP contribution in [-0.4, -0.2) is 49.3 Å². The van der Waals surface area contributed by atoms with Crippen molar-refractivity contribution in [2.45, 2.75) is 39.2 Å². The van der Waals surface area contributed by atoms with Crippen LogP contribution in [0, 0.1) is 0 Å². The van der Waals surface area contributed by atoms with Gasteiger partial charge < -0.3 is 10.5 Å². The third-order valence-electron chi connectivity index (χ3n) is 5.63. The van der Waals surface area contributed by atoms with E-state index in [1.54, 1.807) is 0 Å². The molecule has 31 heavy (non-hydrogen) atoms. The SMILES string of the molecule is CCCCN1NC(Cc2ccc(-c3ccccc3-c3nn[nH]n3)cc2)=C(C(=O)O)C1C. The van der Waals surface area contributed by atoms with Crippen LogP contribution in [0.15, 0.2) is 59.8 Å². The summed E-state index contributed by atoms with van der Waals surface area (Å²) < 4.78 is 0. The summed E-state index contributed by atoms with van der Waals surface area (Å²) in [6.45, 7) is 4.90. The molecule has 3 N–H and O–H groups in total. The number of unbranched alkanes of at least 4 members (excludes halogenated alkanes) is 1. The van der Waals surface area contributed by atoms with Crippen LogP contribution >= 0.6 is 0 Å². The molecule has 0 aliphatic carbocycles. The molecule has 8 heteroatoms. The first kappa shape index (κ1) is 20.7. The highest BCUT2D eigenvalue weighted by Gasteiger charge is 2.33. The van der Waals surface area contributed by atoms with E-state index >= 15 is 0 Å². The summed E-state index contributed by atoms with van der Waals surface area (Å²) in [7, 11) is 0. The van der Waals surface area contributed by atoms with Crippen LogP contribution in [-0.2, 0) is 11.2 Å². The molecule has 1 aliphatic rings. The standard InChI is InChI=1S/C23H26N6O2/c1-3-4-13-29-15(2)21(23(30)31)20(26-29)14-16-9-11-17(12-10-16)18-7-5-6-8-19(18)22-24-27-28-25-22/h5-12,15,26H,3-4,13-14H2,1-2H3,(H,30,31)(H,24,25,27,28). The first-order chi connectivity index (χ1) is 15.1. The van der Waals surface area contributed by atoms with E-state index in [4.69, 9.17) is 0 Å². The Morgan fingerprint density at radius 2 is 1.87 bits per heavy atom. The number of H-pyrrole nitrogens is 1. The number of aromatic amines is 1. The van der Waals surface area contributed by atoms with E-state index in [0.717, 1.165) is 47.3 Å². The monoisotopic (exact) mass is 418 g/mol. The average molecular weight is 419 g/mol. The number of hydrogen-bond donors (Lipinski definition) is 3. The van der Waals surface area contributed by atoms with Gasteiger partial charge in [-0.3, -0.25) is 0 Å². The molecule has 0 radical (unpaired) electrons. The van der Waals surface area contributed by atoms with Crippen molar-refractivity contribution in [1.82, 2.24) is 31.1 Å². The van der Waals surface area contributed by atoms with Gasteiger partial charge in [-0.15, -0.1) is 10.2 Å². The van der Waals surface area contributed by atoms with Crippen LogP contribution in [0.1, 0.15) is 32.3 Å². The van der Waals surface area contributed by atoms with E-state index in [0.29, 0.717) is 17.8 Å². The largest absolute Gasteiger partial charge is 0.478 e. The first-order valence-corrected chi connectivity index (χ1v) is 10.5. The zero-order valence-corrected chi connectivity index (χ0v) is 17.7. The van der Waals surface area contributed by atoms with Crippen LogP contribution < -0.4 is 5.43 Å². The molecule has 8 nitrogen and oxygen atoms in total. The minimum atomic E-state index is -0.861. The number of nitrogens with one attached hydrogen (secondary N) is 2. The van der Waals surface area contributed by atoms with Gasteiger partial charge in [0.2, 0.25) is 5.82 Å². The maximum Gasteiger partial charge on any atom is 0.335 e. The first-order valence-electron chi connectivity index (χ1n) is 10.5. The van der Waals surface area contributed by atoms with Crippen molar-refractivity contribution in [2.75, 3.05) is 6.54 Å². The molecule has 1 atom stereocenters. The maximum absolute atomic E-state index is 11.9. The van der Waals surface area contributed by atoms with E-state index in [9.17, 15) is 9.90 Å². The molecule has 160 valence electrons. The van der Waals surface area contributed by atoms with Gasteiger partial charge in [-0.1, -0.05) is 61.9 Å². The van der Waals surface area contributed by atoms with Gasteiger partial charge >= 0.3 is 5.97 Å². The van der Waals surface area contributed by atoms with Gasteiger partial charge in [0.25, 0.3) is 0 Å². The number of aliphatic carboxylic acids is 1. The lowest BCUT2D eigenvalue weighted by atomic mass is 9.97. The number of carboxylic acid groups (broad SMARTS) is 1. The average Bonchev–Trinajstić information content (AvgIpc) is 3.41. The van der Waals surface area contributed by atoms with Crippen molar-refractivity contribution >= 4 is 5.97 Å².